The molecule has 0 bridgehead atoms. The minimum Gasteiger partial charge on any atom is -0.465 e. The van der Waals surface area contributed by atoms with E-state index in [9.17, 15) is 9.59 Å². The van der Waals surface area contributed by atoms with E-state index in [1.165, 1.54) is 42.4 Å². The topological polar surface area (TPSA) is 83.7 Å². The Kier molecular flexibility index (Phi) is 6.20. The van der Waals surface area contributed by atoms with Crippen molar-refractivity contribution >= 4 is 23.6 Å². The second-order valence-electron chi connectivity index (χ2n) is 6.45. The molecule has 0 unspecified atom stereocenters. The van der Waals surface area contributed by atoms with Gasteiger partial charge in [0, 0.05) is 11.6 Å². The van der Waals surface area contributed by atoms with Gasteiger partial charge in [-0.1, -0.05) is 18.2 Å². The van der Waals surface area contributed by atoms with Crippen molar-refractivity contribution in [2.45, 2.75) is 32.6 Å². The van der Waals surface area contributed by atoms with Crippen LogP contribution in [0, 0.1) is 0 Å². The van der Waals surface area contributed by atoms with Gasteiger partial charge in [0.15, 0.2) is 0 Å². The molecule has 0 radical (unpaired) electrons. The zero-order valence-corrected chi connectivity index (χ0v) is 15.3. The van der Waals surface area contributed by atoms with E-state index in [1.54, 1.807) is 12.1 Å². The highest BCUT2D eigenvalue weighted by Crippen LogP contribution is 2.24. The third-order valence-corrected chi connectivity index (χ3v) is 4.50. The van der Waals surface area contributed by atoms with Crippen LogP contribution in [-0.4, -0.2) is 24.1 Å². The molecular weight excluding hydrogens is 342 g/mol. The van der Waals surface area contributed by atoms with E-state index in [-0.39, 0.29) is 18.4 Å². The monoisotopic (exact) mass is 365 g/mol. The van der Waals surface area contributed by atoms with E-state index in [0.29, 0.717) is 5.76 Å². The number of fused-ring (bicyclic) bond motifs is 1. The minimum absolute atomic E-state index is 0.148. The van der Waals surface area contributed by atoms with E-state index in [1.807, 2.05) is 19.1 Å². The third kappa shape index (κ3) is 5.17. The summed E-state index contributed by atoms with van der Waals surface area (Å²) in [6.45, 7) is 1.74. The fourth-order valence-corrected chi connectivity index (χ4v) is 3.14. The van der Waals surface area contributed by atoms with Gasteiger partial charge in [-0.2, -0.15) is 5.10 Å². The summed E-state index contributed by atoms with van der Waals surface area (Å²) in [5.74, 6) is -0.181. The van der Waals surface area contributed by atoms with Crippen LogP contribution in [0.25, 0.3) is 6.08 Å². The van der Waals surface area contributed by atoms with E-state index in [2.05, 4.69) is 21.9 Å². The van der Waals surface area contributed by atoms with Crippen molar-refractivity contribution in [3.63, 3.8) is 0 Å². The average molecular weight is 365 g/mol. The van der Waals surface area contributed by atoms with E-state index in [4.69, 9.17) is 4.42 Å². The number of benzene rings is 1. The number of amides is 2. The smallest absolute Gasteiger partial charge is 0.259 e. The number of hydrogen-bond donors (Lipinski definition) is 2. The Morgan fingerprint density at radius 3 is 2.85 bits per heavy atom. The number of furan rings is 1. The van der Waals surface area contributed by atoms with Gasteiger partial charge < -0.3 is 9.73 Å². The number of nitrogens with zero attached hydrogens (tertiary/aromatic N) is 1. The van der Waals surface area contributed by atoms with Gasteiger partial charge in [0.2, 0.25) is 5.91 Å². The first-order valence-corrected chi connectivity index (χ1v) is 9.07. The fraction of sp³-hybridized carbons (Fsp3) is 0.286. The van der Waals surface area contributed by atoms with Crippen molar-refractivity contribution in [3.8, 4) is 0 Å². The molecule has 0 saturated carbocycles. The Labute approximate surface area is 158 Å². The first-order valence-electron chi connectivity index (χ1n) is 9.07. The molecule has 6 nitrogen and oxygen atoms in total. The largest absolute Gasteiger partial charge is 0.465 e. The van der Waals surface area contributed by atoms with Crippen LogP contribution < -0.4 is 10.7 Å². The van der Waals surface area contributed by atoms with Crippen LogP contribution in [0.4, 0.5) is 0 Å². The van der Waals surface area contributed by atoms with Crippen LogP contribution >= 0.6 is 0 Å². The number of rotatable bonds is 6. The SMILES string of the molecule is CC(=NNC(=O)CNC(=O)C=Cc1ccco1)c1cccc2c1CCCC2. The molecule has 140 valence electrons. The van der Waals surface area contributed by atoms with Gasteiger partial charge in [-0.25, -0.2) is 5.43 Å². The molecule has 3 rings (SSSR count). The zero-order chi connectivity index (χ0) is 19.1. The molecule has 27 heavy (non-hydrogen) atoms. The Morgan fingerprint density at radius 2 is 2.04 bits per heavy atom. The second-order valence-corrected chi connectivity index (χ2v) is 6.45. The Bertz CT molecular complexity index is 867. The first kappa shape index (κ1) is 18.6. The molecule has 1 aliphatic carbocycles. The highest BCUT2D eigenvalue weighted by Gasteiger charge is 2.14. The Balaban J connectivity index is 1.51. The van der Waals surface area contributed by atoms with Crippen LogP contribution in [0.3, 0.4) is 0 Å². The lowest BCUT2D eigenvalue weighted by Crippen LogP contribution is -2.34. The number of nitrogens with one attached hydrogen (secondary N) is 2. The lowest BCUT2D eigenvalue weighted by Gasteiger charge is -2.19. The van der Waals surface area contributed by atoms with Gasteiger partial charge in [-0.15, -0.1) is 0 Å². The summed E-state index contributed by atoms with van der Waals surface area (Å²) in [6.07, 6.45) is 8.92. The summed E-state index contributed by atoms with van der Waals surface area (Å²) in [7, 11) is 0. The molecule has 2 N–H and O–H groups in total. The third-order valence-electron chi connectivity index (χ3n) is 4.50. The molecule has 0 aliphatic heterocycles. The Hall–Kier alpha value is -3.15. The average Bonchev–Trinajstić information content (AvgIpc) is 3.22. The highest BCUT2D eigenvalue weighted by atomic mass is 16.3. The lowest BCUT2D eigenvalue weighted by molar-refractivity contribution is -0.123. The maximum atomic E-state index is 11.9. The molecule has 2 aromatic rings. The molecule has 0 fully saturated rings. The van der Waals surface area contributed by atoms with E-state index < -0.39 is 0 Å². The number of hydrogen-bond acceptors (Lipinski definition) is 4. The van der Waals surface area contributed by atoms with Crippen molar-refractivity contribution in [2.75, 3.05) is 6.54 Å². The molecule has 1 heterocycles. The predicted molar refractivity (Wildman–Crippen MR) is 104 cm³/mol. The fourth-order valence-electron chi connectivity index (χ4n) is 3.14. The van der Waals surface area contributed by atoms with Crippen molar-refractivity contribution in [3.05, 3.63) is 65.1 Å². The molecule has 0 atom stereocenters. The van der Waals surface area contributed by atoms with Gasteiger partial charge in [0.1, 0.15) is 5.76 Å². The first-order chi connectivity index (χ1) is 13.1. The number of carbonyl (C=O) groups is 2. The zero-order valence-electron chi connectivity index (χ0n) is 15.3. The number of carbonyl (C=O) groups excluding carboxylic acids is 2. The van der Waals surface area contributed by atoms with Crippen molar-refractivity contribution < 1.29 is 14.0 Å². The summed E-state index contributed by atoms with van der Waals surface area (Å²) in [4.78, 5) is 23.6. The predicted octanol–water partition coefficient (Wildman–Crippen LogP) is 2.83. The van der Waals surface area contributed by atoms with Gasteiger partial charge in [-0.05, 0) is 61.9 Å². The van der Waals surface area contributed by atoms with E-state index >= 15 is 0 Å². The van der Waals surface area contributed by atoms with E-state index in [0.717, 1.165) is 24.1 Å². The molecular formula is C21H23N3O3. The molecule has 2 amide bonds. The van der Waals surface area contributed by atoms with Crippen LogP contribution in [0.5, 0.6) is 0 Å². The summed E-state index contributed by atoms with van der Waals surface area (Å²) >= 11 is 0. The summed E-state index contributed by atoms with van der Waals surface area (Å²) < 4.78 is 5.09. The van der Waals surface area contributed by atoms with Crippen LogP contribution in [0.2, 0.25) is 0 Å². The molecule has 1 aliphatic rings. The van der Waals surface area contributed by atoms with Crippen LogP contribution in [0.1, 0.15) is 42.2 Å². The summed E-state index contributed by atoms with van der Waals surface area (Å²) in [6, 6.07) is 9.70. The maximum absolute atomic E-state index is 11.9. The van der Waals surface area contributed by atoms with Crippen molar-refractivity contribution in [2.24, 2.45) is 5.10 Å². The molecule has 1 aromatic carbocycles. The quantitative estimate of drug-likeness (QED) is 0.469. The van der Waals surface area contributed by atoms with Crippen LogP contribution in [0.15, 0.2) is 52.2 Å². The van der Waals surface area contributed by atoms with Gasteiger partial charge in [0.05, 0.1) is 18.5 Å². The standard InChI is InChI=1S/C21H23N3O3/c1-15(18-10-4-7-16-6-2-3-9-19(16)18)23-24-21(26)14-22-20(25)12-11-17-8-5-13-27-17/h4-5,7-8,10-13H,2-3,6,9,14H2,1H3,(H,22,25)(H,24,26). The maximum Gasteiger partial charge on any atom is 0.259 e. The van der Waals surface area contributed by atoms with Crippen molar-refractivity contribution in [1.82, 2.24) is 10.7 Å². The molecule has 0 saturated heterocycles. The Morgan fingerprint density at radius 1 is 1.19 bits per heavy atom. The number of hydrazone groups is 1. The number of aryl methyl sites for hydroxylation is 1. The van der Waals surface area contributed by atoms with Gasteiger partial charge in [0.25, 0.3) is 5.91 Å². The molecule has 1 aromatic heterocycles. The summed E-state index contributed by atoms with van der Waals surface area (Å²) in [5, 5.41) is 6.71. The molecule has 0 spiro atoms. The normalized spacial score (nSPS) is 14.0. The molecule has 6 heteroatoms. The highest BCUT2D eigenvalue weighted by molar-refractivity contribution is 6.01. The van der Waals surface area contributed by atoms with Gasteiger partial charge >= 0.3 is 0 Å². The van der Waals surface area contributed by atoms with Crippen LogP contribution in [-0.2, 0) is 22.4 Å². The summed E-state index contributed by atoms with van der Waals surface area (Å²) in [5.41, 5.74) is 7.06. The van der Waals surface area contributed by atoms with Gasteiger partial charge in [-0.3, -0.25) is 9.59 Å². The van der Waals surface area contributed by atoms with Crippen molar-refractivity contribution in [1.29, 1.82) is 0 Å². The lowest BCUT2D eigenvalue weighted by atomic mass is 9.87. The minimum atomic E-state index is -0.376. The second kappa shape index (κ2) is 8.98.